The van der Waals surface area contributed by atoms with Crippen molar-refractivity contribution in [1.82, 2.24) is 5.32 Å². The highest BCUT2D eigenvalue weighted by atomic mass is 32.2. The summed E-state index contributed by atoms with van der Waals surface area (Å²) in [5.41, 5.74) is 0.782. The number of nitrogens with zero attached hydrogens (tertiary/aromatic N) is 2. The van der Waals surface area contributed by atoms with Crippen LogP contribution in [0.4, 0.5) is 0 Å². The Morgan fingerprint density at radius 1 is 1.40 bits per heavy atom. The number of thioether (sulfide) groups is 1. The molecule has 0 aromatic heterocycles. The van der Waals surface area contributed by atoms with Crippen LogP contribution >= 0.6 is 11.8 Å². The van der Waals surface area contributed by atoms with Gasteiger partial charge in [0.25, 0.3) is 16.0 Å². The topological polar surface area (TPSA) is 134 Å². The van der Waals surface area contributed by atoms with Crippen molar-refractivity contribution < 1.29 is 27.3 Å². The summed E-state index contributed by atoms with van der Waals surface area (Å²) in [7, 11) is -3.14. The van der Waals surface area contributed by atoms with Crippen LogP contribution in [0.2, 0.25) is 0 Å². The molecule has 1 aliphatic heterocycles. The van der Waals surface area contributed by atoms with Crippen LogP contribution in [0, 0.1) is 6.92 Å². The number of amidine groups is 1. The van der Waals surface area contributed by atoms with Crippen molar-refractivity contribution in [2.75, 3.05) is 7.11 Å². The van der Waals surface area contributed by atoms with Gasteiger partial charge >= 0.3 is 5.97 Å². The van der Waals surface area contributed by atoms with Crippen LogP contribution in [0.5, 0.6) is 0 Å². The summed E-state index contributed by atoms with van der Waals surface area (Å²) in [5, 5.41) is 10.1. The lowest BCUT2D eigenvalue weighted by Crippen LogP contribution is -2.19. The molecule has 0 unspecified atom stereocenters. The highest BCUT2D eigenvalue weighted by Gasteiger charge is 2.25. The fraction of sp³-hybridized carbons (Fsp3) is 0.143. The minimum Gasteiger partial charge on any atom is -0.466 e. The van der Waals surface area contributed by atoms with E-state index in [1.165, 1.54) is 25.5 Å². The van der Waals surface area contributed by atoms with Crippen LogP contribution in [0.1, 0.15) is 11.1 Å². The number of nitrogens with one attached hydrogen (secondary N) is 1. The van der Waals surface area contributed by atoms with Crippen molar-refractivity contribution in [2.45, 2.75) is 11.8 Å². The largest absolute Gasteiger partial charge is 0.466 e. The van der Waals surface area contributed by atoms with E-state index in [0.29, 0.717) is 11.1 Å². The first-order chi connectivity index (χ1) is 11.7. The Labute approximate surface area is 147 Å². The standard InChI is InChI=1S/C14H13N3O6S2/c1-8-3-4-9(5-11(8)25(20,21)22)7-15-17-14-16-13(19)10(24-14)6-12(18)23-2/h3-7H,1-2H3,(H,16,17,19)(H,20,21,22)/b10-6+,15-7?. The summed E-state index contributed by atoms with van der Waals surface area (Å²) >= 11 is 0.907. The normalized spacial score (nSPS) is 18.1. The second-order valence-electron chi connectivity index (χ2n) is 4.74. The van der Waals surface area contributed by atoms with Gasteiger partial charge in [-0.15, -0.1) is 5.10 Å². The Bertz CT molecular complexity index is 918. The van der Waals surface area contributed by atoms with E-state index in [4.69, 9.17) is 4.55 Å². The number of esters is 1. The number of methoxy groups -OCH3 is 1. The first-order valence-corrected chi connectivity index (χ1v) is 8.94. The highest BCUT2D eigenvalue weighted by molar-refractivity contribution is 8.18. The molecule has 25 heavy (non-hydrogen) atoms. The van der Waals surface area contributed by atoms with Gasteiger partial charge in [0, 0.05) is 6.08 Å². The van der Waals surface area contributed by atoms with Gasteiger partial charge < -0.3 is 4.74 Å². The molecule has 2 rings (SSSR count). The number of carbonyl (C=O) groups is 2. The lowest BCUT2D eigenvalue weighted by atomic mass is 10.2. The quantitative estimate of drug-likeness (QED) is 0.259. The molecular formula is C14H13N3O6S2. The Morgan fingerprint density at radius 2 is 2.12 bits per heavy atom. The lowest BCUT2D eigenvalue weighted by molar-refractivity contribution is -0.135. The SMILES string of the molecule is COC(=O)/C=C1/S/C(=N\N=Cc2ccc(C)c(S(=O)(=O)O)c2)NC1=O. The van der Waals surface area contributed by atoms with Gasteiger partial charge in [-0.05, 0) is 35.9 Å². The molecule has 2 N–H and O–H groups in total. The summed E-state index contributed by atoms with van der Waals surface area (Å²) in [6.45, 7) is 1.55. The molecule has 1 aromatic carbocycles. The molecule has 9 nitrogen and oxygen atoms in total. The molecule has 1 heterocycles. The van der Waals surface area contributed by atoms with Gasteiger partial charge in [0.2, 0.25) is 0 Å². The zero-order chi connectivity index (χ0) is 18.6. The van der Waals surface area contributed by atoms with Gasteiger partial charge in [0.1, 0.15) is 0 Å². The smallest absolute Gasteiger partial charge is 0.331 e. The van der Waals surface area contributed by atoms with E-state index in [1.807, 2.05) is 0 Å². The monoisotopic (exact) mass is 383 g/mol. The summed E-state index contributed by atoms with van der Waals surface area (Å²) in [6, 6.07) is 4.36. The van der Waals surface area contributed by atoms with Crippen LogP contribution in [0.15, 0.2) is 44.3 Å². The van der Waals surface area contributed by atoms with E-state index in [2.05, 4.69) is 20.3 Å². The summed E-state index contributed by atoms with van der Waals surface area (Å²) < 4.78 is 36.1. The first-order valence-electron chi connectivity index (χ1n) is 6.68. The van der Waals surface area contributed by atoms with Crippen molar-refractivity contribution >= 4 is 45.1 Å². The molecule has 1 aromatic rings. The maximum absolute atomic E-state index is 11.6. The van der Waals surface area contributed by atoms with Crippen molar-refractivity contribution in [3.63, 3.8) is 0 Å². The van der Waals surface area contributed by atoms with Crippen molar-refractivity contribution in [3.05, 3.63) is 40.3 Å². The van der Waals surface area contributed by atoms with E-state index in [-0.39, 0.29) is 15.0 Å². The lowest BCUT2D eigenvalue weighted by Gasteiger charge is -2.02. The predicted molar refractivity (Wildman–Crippen MR) is 91.9 cm³/mol. The number of aryl methyl sites for hydroxylation is 1. The molecule has 11 heteroatoms. The minimum absolute atomic E-state index is 0.116. The number of hydrogen-bond donors (Lipinski definition) is 2. The highest BCUT2D eigenvalue weighted by Crippen LogP contribution is 2.23. The van der Waals surface area contributed by atoms with E-state index < -0.39 is 22.0 Å². The zero-order valence-corrected chi connectivity index (χ0v) is 14.7. The third-order valence-electron chi connectivity index (χ3n) is 2.95. The zero-order valence-electron chi connectivity index (χ0n) is 13.1. The summed E-state index contributed by atoms with van der Waals surface area (Å²) in [6.07, 6.45) is 2.29. The number of benzene rings is 1. The molecule has 1 saturated heterocycles. The van der Waals surface area contributed by atoms with Gasteiger partial charge in [-0.25, -0.2) is 4.79 Å². The van der Waals surface area contributed by atoms with Crippen molar-refractivity contribution in [3.8, 4) is 0 Å². The summed E-state index contributed by atoms with van der Waals surface area (Å²) in [5.74, 6) is -1.17. The van der Waals surface area contributed by atoms with Crippen LogP contribution < -0.4 is 5.32 Å². The number of ether oxygens (including phenoxy) is 1. The molecular weight excluding hydrogens is 370 g/mol. The van der Waals surface area contributed by atoms with E-state index in [0.717, 1.165) is 17.8 Å². The number of hydrogen-bond acceptors (Lipinski definition) is 8. The Balaban J connectivity index is 2.16. The average molecular weight is 383 g/mol. The van der Waals surface area contributed by atoms with E-state index in [1.54, 1.807) is 13.0 Å². The maximum Gasteiger partial charge on any atom is 0.331 e. The fourth-order valence-corrected chi connectivity index (χ4v) is 3.26. The van der Waals surface area contributed by atoms with Crippen molar-refractivity contribution in [2.24, 2.45) is 10.2 Å². The van der Waals surface area contributed by atoms with E-state index >= 15 is 0 Å². The second kappa shape index (κ2) is 7.59. The molecule has 0 spiro atoms. The summed E-state index contributed by atoms with van der Waals surface area (Å²) in [4.78, 5) is 22.6. The maximum atomic E-state index is 11.6. The van der Waals surface area contributed by atoms with Gasteiger partial charge in [-0.3, -0.25) is 14.7 Å². The number of amides is 1. The van der Waals surface area contributed by atoms with Gasteiger partial charge in [-0.2, -0.15) is 13.5 Å². The second-order valence-corrected chi connectivity index (χ2v) is 7.16. The Morgan fingerprint density at radius 3 is 2.76 bits per heavy atom. The first kappa shape index (κ1) is 18.8. The molecule has 1 aliphatic rings. The number of carbonyl (C=O) groups excluding carboxylic acids is 2. The van der Waals surface area contributed by atoms with Crippen LogP contribution in [-0.4, -0.2) is 43.3 Å². The molecule has 1 fully saturated rings. The Hall–Kier alpha value is -2.50. The third kappa shape index (κ3) is 4.98. The van der Waals surface area contributed by atoms with Gasteiger partial charge in [0.05, 0.1) is 23.1 Å². The van der Waals surface area contributed by atoms with Gasteiger partial charge in [-0.1, -0.05) is 12.1 Å². The van der Waals surface area contributed by atoms with Crippen LogP contribution in [0.25, 0.3) is 0 Å². The molecule has 0 atom stereocenters. The molecule has 132 valence electrons. The van der Waals surface area contributed by atoms with Crippen molar-refractivity contribution in [1.29, 1.82) is 0 Å². The van der Waals surface area contributed by atoms with E-state index in [9.17, 15) is 18.0 Å². The minimum atomic E-state index is -4.34. The van der Waals surface area contributed by atoms with Crippen LogP contribution in [-0.2, 0) is 24.4 Å². The molecule has 0 aliphatic carbocycles. The van der Waals surface area contributed by atoms with Crippen LogP contribution in [0.3, 0.4) is 0 Å². The third-order valence-corrected chi connectivity index (χ3v) is 4.84. The Kier molecular flexibility index (Phi) is 5.72. The fourth-order valence-electron chi connectivity index (χ4n) is 1.76. The molecule has 0 bridgehead atoms. The predicted octanol–water partition coefficient (Wildman–Crippen LogP) is 0.852. The average Bonchev–Trinajstić information content (AvgIpc) is 2.87. The molecule has 1 amide bonds. The molecule has 0 saturated carbocycles. The van der Waals surface area contributed by atoms with Gasteiger partial charge in [0.15, 0.2) is 5.17 Å². The molecule has 0 radical (unpaired) electrons. The number of rotatable bonds is 4.